The first-order chi connectivity index (χ1) is 20.0. The van der Waals surface area contributed by atoms with Crippen molar-refractivity contribution in [2.75, 3.05) is 26.7 Å². The number of rotatable bonds is 17. The van der Waals surface area contributed by atoms with Crippen LogP contribution in [0.15, 0.2) is 84.3 Å². The minimum Gasteiger partial charge on any atom is -0.394 e. The maximum atomic E-state index is 12.6. The van der Waals surface area contributed by atoms with Gasteiger partial charge >= 0.3 is 0 Å². The lowest BCUT2D eigenvalue weighted by molar-refractivity contribution is -0.129. The second kappa shape index (κ2) is 17.6. The highest BCUT2D eigenvalue weighted by atomic mass is 16.3. The van der Waals surface area contributed by atoms with Crippen LogP contribution in [-0.4, -0.2) is 85.0 Å². The van der Waals surface area contributed by atoms with Crippen molar-refractivity contribution in [3.8, 4) is 5.69 Å². The molecule has 0 aliphatic rings. The third-order valence-corrected chi connectivity index (χ3v) is 6.43. The Bertz CT molecular complexity index is 1260. The summed E-state index contributed by atoms with van der Waals surface area (Å²) in [6.45, 7) is 4.22. The predicted octanol–water partition coefficient (Wildman–Crippen LogP) is 3.35. The first kappa shape index (κ1) is 31.5. The second-order valence-corrected chi connectivity index (χ2v) is 9.83. The summed E-state index contributed by atoms with van der Waals surface area (Å²) < 4.78 is 1.74. The number of amides is 1. The monoisotopic (exact) mass is 559 g/mol. The number of benzene rings is 1. The van der Waals surface area contributed by atoms with Gasteiger partial charge in [0.15, 0.2) is 0 Å². The highest BCUT2D eigenvalue weighted by molar-refractivity contribution is 5.78. The molecular formula is C31H41N7O3. The van der Waals surface area contributed by atoms with E-state index in [1.165, 1.54) is 0 Å². The zero-order valence-corrected chi connectivity index (χ0v) is 24.0. The summed E-state index contributed by atoms with van der Waals surface area (Å²) in [5.41, 5.74) is 3.58. The Balaban J connectivity index is 1.56. The minimum atomic E-state index is -0.684. The van der Waals surface area contributed by atoms with Crippen LogP contribution < -0.4 is 0 Å². The molecule has 218 valence electrons. The molecular weight excluding hydrogens is 518 g/mol. The standard InChI is InChI=1S/C31H41N7O3/c1-3-4-7-16-32-18-20-37(22-27-10-5-8-17-33-27)23-28-24-38(35-34-28)29-14-12-26(13-15-29)21-31(41)36(2)19-9-6-11-30(40)25-39/h3-5,7-8,10,12-18,24,30,39-40H,6,9,11,19-23,25H2,1-2H3/b4-3-,16-7-,32-18+. The van der Waals surface area contributed by atoms with E-state index in [9.17, 15) is 9.90 Å². The maximum Gasteiger partial charge on any atom is 0.226 e. The van der Waals surface area contributed by atoms with Gasteiger partial charge in [-0.05, 0) is 62.1 Å². The number of pyridine rings is 1. The molecule has 0 saturated carbocycles. The van der Waals surface area contributed by atoms with Crippen LogP contribution >= 0.6 is 0 Å². The molecule has 0 bridgehead atoms. The van der Waals surface area contributed by atoms with E-state index in [4.69, 9.17) is 5.11 Å². The maximum absolute atomic E-state index is 12.6. The minimum absolute atomic E-state index is 0.0392. The molecule has 0 fully saturated rings. The lowest BCUT2D eigenvalue weighted by Gasteiger charge is -2.18. The van der Waals surface area contributed by atoms with Crippen molar-refractivity contribution in [3.63, 3.8) is 0 Å². The summed E-state index contributed by atoms with van der Waals surface area (Å²) in [7, 11) is 1.79. The van der Waals surface area contributed by atoms with Gasteiger partial charge in [-0.15, -0.1) is 5.10 Å². The van der Waals surface area contributed by atoms with E-state index in [-0.39, 0.29) is 12.5 Å². The molecule has 1 aromatic carbocycles. The van der Waals surface area contributed by atoms with E-state index in [1.807, 2.05) is 80.0 Å². The summed E-state index contributed by atoms with van der Waals surface area (Å²) in [6, 6.07) is 13.6. The molecule has 1 unspecified atom stereocenters. The van der Waals surface area contributed by atoms with Crippen molar-refractivity contribution in [1.29, 1.82) is 0 Å². The molecule has 3 rings (SSSR count). The predicted molar refractivity (Wildman–Crippen MR) is 160 cm³/mol. The molecule has 0 saturated heterocycles. The number of carbonyl (C=O) groups is 1. The van der Waals surface area contributed by atoms with Crippen molar-refractivity contribution in [2.45, 2.75) is 51.8 Å². The highest BCUT2D eigenvalue weighted by Crippen LogP contribution is 2.13. The van der Waals surface area contributed by atoms with Crippen molar-refractivity contribution >= 4 is 12.1 Å². The molecule has 10 nitrogen and oxygen atoms in total. The number of unbranched alkanes of at least 4 members (excludes halogenated alkanes) is 1. The van der Waals surface area contributed by atoms with Gasteiger partial charge in [-0.3, -0.25) is 19.7 Å². The molecule has 1 amide bonds. The fourth-order valence-electron chi connectivity index (χ4n) is 4.09. The van der Waals surface area contributed by atoms with Crippen LogP contribution in [0, 0.1) is 0 Å². The molecule has 0 spiro atoms. The molecule has 3 aromatic rings. The molecule has 2 heterocycles. The van der Waals surface area contributed by atoms with E-state index in [1.54, 1.807) is 29.0 Å². The number of aromatic nitrogens is 4. The summed E-state index contributed by atoms with van der Waals surface area (Å²) in [6.07, 6.45) is 14.8. The molecule has 1 atom stereocenters. The zero-order chi connectivity index (χ0) is 29.3. The van der Waals surface area contributed by atoms with Gasteiger partial charge in [-0.2, -0.15) is 0 Å². The molecule has 41 heavy (non-hydrogen) atoms. The summed E-state index contributed by atoms with van der Waals surface area (Å²) >= 11 is 0. The summed E-state index contributed by atoms with van der Waals surface area (Å²) in [4.78, 5) is 25.3. The number of nitrogens with zero attached hydrogens (tertiary/aromatic N) is 7. The Morgan fingerprint density at radius 2 is 1.90 bits per heavy atom. The van der Waals surface area contributed by atoms with Crippen LogP contribution in [0.25, 0.3) is 5.69 Å². The van der Waals surface area contributed by atoms with Crippen LogP contribution in [0.2, 0.25) is 0 Å². The van der Waals surface area contributed by atoms with Gasteiger partial charge in [0.2, 0.25) is 5.91 Å². The fraction of sp³-hybridized carbons (Fsp3) is 0.387. The van der Waals surface area contributed by atoms with Gasteiger partial charge < -0.3 is 15.1 Å². The van der Waals surface area contributed by atoms with Gasteiger partial charge in [0.25, 0.3) is 0 Å². The molecule has 0 aliphatic carbocycles. The molecule has 2 N–H and O–H groups in total. The summed E-state index contributed by atoms with van der Waals surface area (Å²) in [5, 5.41) is 27.0. The average Bonchev–Trinajstić information content (AvgIpc) is 3.46. The van der Waals surface area contributed by atoms with Crippen LogP contribution in [-0.2, 0) is 24.3 Å². The van der Waals surface area contributed by atoms with E-state index in [0.717, 1.165) is 35.5 Å². The second-order valence-electron chi connectivity index (χ2n) is 9.83. The lowest BCUT2D eigenvalue weighted by atomic mass is 10.1. The van der Waals surface area contributed by atoms with Gasteiger partial charge in [-0.25, -0.2) is 4.68 Å². The van der Waals surface area contributed by atoms with Crippen molar-refractivity contribution in [3.05, 3.63) is 96.2 Å². The number of aliphatic hydroxyl groups is 2. The third kappa shape index (κ3) is 11.6. The Labute approximate surface area is 242 Å². The molecule has 2 aromatic heterocycles. The summed E-state index contributed by atoms with van der Waals surface area (Å²) in [5.74, 6) is 0.0392. The van der Waals surface area contributed by atoms with Gasteiger partial charge in [0.1, 0.15) is 0 Å². The lowest BCUT2D eigenvalue weighted by Crippen LogP contribution is -2.29. The van der Waals surface area contributed by atoms with Crippen LogP contribution in [0.4, 0.5) is 0 Å². The van der Waals surface area contributed by atoms with Crippen LogP contribution in [0.5, 0.6) is 0 Å². The largest absolute Gasteiger partial charge is 0.394 e. The Morgan fingerprint density at radius 1 is 1.10 bits per heavy atom. The van der Waals surface area contributed by atoms with Crippen LogP contribution in [0.3, 0.4) is 0 Å². The molecule has 10 heteroatoms. The number of carbonyl (C=O) groups excluding carboxylic acids is 1. The Morgan fingerprint density at radius 3 is 2.63 bits per heavy atom. The number of allylic oxidation sites excluding steroid dienone is 3. The highest BCUT2D eigenvalue weighted by Gasteiger charge is 2.13. The first-order valence-corrected chi connectivity index (χ1v) is 13.9. The van der Waals surface area contributed by atoms with E-state index >= 15 is 0 Å². The van der Waals surface area contributed by atoms with Crippen molar-refractivity contribution in [2.24, 2.45) is 4.99 Å². The smallest absolute Gasteiger partial charge is 0.226 e. The van der Waals surface area contributed by atoms with Crippen molar-refractivity contribution in [1.82, 2.24) is 29.8 Å². The zero-order valence-electron chi connectivity index (χ0n) is 24.0. The number of likely N-dealkylation sites (N-methyl/N-ethyl adjacent to an activating group) is 1. The topological polar surface area (TPSA) is 120 Å². The normalized spacial score (nSPS) is 12.7. The molecule has 0 aliphatic heterocycles. The molecule has 0 radical (unpaired) electrons. The van der Waals surface area contributed by atoms with Gasteiger partial charge in [-0.1, -0.05) is 35.6 Å². The Hall–Kier alpha value is -3.99. The average molecular weight is 560 g/mol. The SMILES string of the molecule is C\C=C/C=C\N=C\CN(Cc1ccccn1)Cc1cn(-c2ccc(CC(=O)N(C)CCCCC(O)CO)cc2)nn1. The van der Waals surface area contributed by atoms with Crippen LogP contribution in [0.1, 0.15) is 43.1 Å². The number of hydrogen-bond donors (Lipinski definition) is 2. The van der Waals surface area contributed by atoms with E-state index in [0.29, 0.717) is 39.0 Å². The quantitative estimate of drug-likeness (QED) is 0.148. The van der Waals surface area contributed by atoms with E-state index < -0.39 is 6.10 Å². The van der Waals surface area contributed by atoms with Crippen molar-refractivity contribution < 1.29 is 15.0 Å². The number of hydrogen-bond acceptors (Lipinski definition) is 8. The number of aliphatic hydroxyl groups excluding tert-OH is 2. The van der Waals surface area contributed by atoms with Gasteiger partial charge in [0.05, 0.1) is 42.4 Å². The number of aliphatic imine (C=N–C) groups is 1. The fourth-order valence-corrected chi connectivity index (χ4v) is 4.09. The Kier molecular flexibility index (Phi) is 13.6. The van der Waals surface area contributed by atoms with Gasteiger partial charge in [0, 0.05) is 51.8 Å². The van der Waals surface area contributed by atoms with E-state index in [2.05, 4.69) is 25.2 Å². The first-order valence-electron chi connectivity index (χ1n) is 13.9. The third-order valence-electron chi connectivity index (χ3n) is 6.43.